The van der Waals surface area contributed by atoms with Crippen LogP contribution >= 0.6 is 11.3 Å². The lowest BCUT2D eigenvalue weighted by atomic mass is 10.1. The van der Waals surface area contributed by atoms with Crippen molar-refractivity contribution in [3.8, 4) is 0 Å². The lowest BCUT2D eigenvalue weighted by Crippen LogP contribution is -2.16. The molecule has 0 aliphatic carbocycles. The number of amides is 1. The maximum absolute atomic E-state index is 12.7. The van der Waals surface area contributed by atoms with Gasteiger partial charge in [0.25, 0.3) is 11.6 Å². The molecular formula is C19H20N2O7S. The van der Waals surface area contributed by atoms with Crippen molar-refractivity contribution in [3.63, 3.8) is 0 Å². The minimum Gasteiger partial charge on any atom is -0.462 e. The van der Waals surface area contributed by atoms with E-state index in [-0.39, 0.29) is 34.9 Å². The summed E-state index contributed by atoms with van der Waals surface area (Å²) in [6.07, 6.45) is 0.650. The van der Waals surface area contributed by atoms with Crippen LogP contribution in [0.25, 0.3) is 0 Å². The van der Waals surface area contributed by atoms with Crippen molar-refractivity contribution in [2.24, 2.45) is 0 Å². The number of ether oxygens (including phenoxy) is 2. The van der Waals surface area contributed by atoms with Crippen LogP contribution in [0.5, 0.6) is 0 Å². The molecule has 1 heterocycles. The van der Waals surface area contributed by atoms with Crippen LogP contribution in [0.4, 0.5) is 10.7 Å². The lowest BCUT2D eigenvalue weighted by Gasteiger charge is -2.08. The van der Waals surface area contributed by atoms with Crippen LogP contribution in [0.15, 0.2) is 24.3 Å². The van der Waals surface area contributed by atoms with Gasteiger partial charge >= 0.3 is 11.9 Å². The molecule has 2 aromatic rings. The SMILES string of the molecule is CCOC(=O)c1cc(C(=O)Nc2sc(CC)cc2C(=O)OCC)cc([N+](=O)[O-])c1. The Morgan fingerprint density at radius 2 is 1.62 bits per heavy atom. The predicted molar refractivity (Wildman–Crippen MR) is 107 cm³/mol. The number of nitrogens with zero attached hydrogens (tertiary/aromatic N) is 1. The first-order valence-electron chi connectivity index (χ1n) is 8.88. The molecule has 0 spiro atoms. The van der Waals surface area contributed by atoms with Gasteiger partial charge < -0.3 is 14.8 Å². The van der Waals surface area contributed by atoms with Gasteiger partial charge in [-0.25, -0.2) is 9.59 Å². The largest absolute Gasteiger partial charge is 0.462 e. The molecule has 0 bridgehead atoms. The fourth-order valence-corrected chi connectivity index (χ4v) is 3.40. The summed E-state index contributed by atoms with van der Waals surface area (Å²) in [5.74, 6) is -2.05. The number of benzene rings is 1. The van der Waals surface area contributed by atoms with Crippen molar-refractivity contribution in [2.45, 2.75) is 27.2 Å². The van der Waals surface area contributed by atoms with Crippen LogP contribution in [0.3, 0.4) is 0 Å². The first-order chi connectivity index (χ1) is 13.8. The van der Waals surface area contributed by atoms with Crippen molar-refractivity contribution < 1.29 is 28.8 Å². The quantitative estimate of drug-likeness (QED) is 0.391. The zero-order chi connectivity index (χ0) is 21.6. The number of aryl methyl sites for hydroxylation is 1. The highest BCUT2D eigenvalue weighted by Crippen LogP contribution is 2.30. The number of non-ortho nitro benzene ring substituents is 1. The molecule has 0 unspecified atom stereocenters. The molecule has 0 saturated carbocycles. The van der Waals surface area contributed by atoms with Crippen LogP contribution in [0, 0.1) is 10.1 Å². The third-order valence-electron chi connectivity index (χ3n) is 3.76. The van der Waals surface area contributed by atoms with Crippen molar-refractivity contribution in [1.82, 2.24) is 0 Å². The van der Waals surface area contributed by atoms with E-state index >= 15 is 0 Å². The summed E-state index contributed by atoms with van der Waals surface area (Å²) in [6.45, 7) is 5.43. The average molecular weight is 420 g/mol. The van der Waals surface area contributed by atoms with E-state index in [1.807, 2.05) is 6.92 Å². The van der Waals surface area contributed by atoms with E-state index in [2.05, 4.69) is 5.32 Å². The Labute approximate surface area is 170 Å². The topological polar surface area (TPSA) is 125 Å². The van der Waals surface area contributed by atoms with Gasteiger partial charge in [0, 0.05) is 22.6 Å². The molecule has 0 saturated heterocycles. The number of nitrogens with one attached hydrogen (secondary N) is 1. The highest BCUT2D eigenvalue weighted by atomic mass is 32.1. The smallest absolute Gasteiger partial charge is 0.341 e. The molecule has 1 aromatic heterocycles. The van der Waals surface area contributed by atoms with Crippen molar-refractivity contribution >= 4 is 39.9 Å². The number of carbonyl (C=O) groups excluding carboxylic acids is 3. The standard InChI is InChI=1S/C19H20N2O7S/c1-4-14-10-15(19(24)28-6-3)17(29-14)20-16(22)11-7-12(18(23)27-5-2)9-13(8-11)21(25)26/h7-10H,4-6H2,1-3H3,(H,20,22). The zero-order valence-electron chi connectivity index (χ0n) is 16.1. The summed E-state index contributed by atoms with van der Waals surface area (Å²) in [4.78, 5) is 48.2. The molecule has 0 atom stereocenters. The Bertz CT molecular complexity index is 952. The van der Waals surface area contributed by atoms with Crippen LogP contribution < -0.4 is 5.32 Å². The van der Waals surface area contributed by atoms with Crippen molar-refractivity contribution in [1.29, 1.82) is 0 Å². The van der Waals surface area contributed by atoms with Gasteiger partial charge in [0.15, 0.2) is 0 Å². The predicted octanol–water partition coefficient (Wildman–Crippen LogP) is 3.82. The Hall–Kier alpha value is -3.27. The van der Waals surface area contributed by atoms with E-state index in [4.69, 9.17) is 9.47 Å². The van der Waals surface area contributed by atoms with Gasteiger partial charge in [0.1, 0.15) is 5.00 Å². The number of carbonyl (C=O) groups is 3. The summed E-state index contributed by atoms with van der Waals surface area (Å²) in [5.41, 5.74) is -0.439. The van der Waals surface area contributed by atoms with E-state index in [0.29, 0.717) is 6.42 Å². The second-order valence-corrected chi connectivity index (χ2v) is 6.87. The number of thiophene rings is 1. The number of anilines is 1. The van der Waals surface area contributed by atoms with Crippen LogP contribution in [-0.2, 0) is 15.9 Å². The van der Waals surface area contributed by atoms with E-state index in [1.165, 1.54) is 17.4 Å². The van der Waals surface area contributed by atoms with E-state index in [1.54, 1.807) is 19.9 Å². The fraction of sp³-hybridized carbons (Fsp3) is 0.316. The van der Waals surface area contributed by atoms with Gasteiger partial charge in [0.05, 0.1) is 29.3 Å². The second-order valence-electron chi connectivity index (χ2n) is 5.73. The van der Waals surface area contributed by atoms with Gasteiger partial charge in [-0.1, -0.05) is 6.92 Å². The third-order valence-corrected chi connectivity index (χ3v) is 4.95. The summed E-state index contributed by atoms with van der Waals surface area (Å²) >= 11 is 1.21. The van der Waals surface area contributed by atoms with Gasteiger partial charge in [-0.15, -0.1) is 11.3 Å². The Kier molecular flexibility index (Phi) is 7.43. The number of hydrogen-bond acceptors (Lipinski definition) is 8. The molecule has 0 fully saturated rings. The Balaban J connectivity index is 2.40. The number of esters is 2. The number of nitro benzene ring substituents is 1. The first-order valence-corrected chi connectivity index (χ1v) is 9.70. The van der Waals surface area contributed by atoms with Crippen molar-refractivity contribution in [2.75, 3.05) is 18.5 Å². The van der Waals surface area contributed by atoms with Crippen molar-refractivity contribution in [3.05, 3.63) is 55.9 Å². The minimum atomic E-state index is -0.776. The van der Waals surface area contributed by atoms with Gasteiger partial charge in [-0.3, -0.25) is 14.9 Å². The summed E-state index contributed by atoms with van der Waals surface area (Å²) < 4.78 is 9.87. The van der Waals surface area contributed by atoms with Gasteiger partial charge in [0.2, 0.25) is 0 Å². The van der Waals surface area contributed by atoms with Crippen LogP contribution in [0.2, 0.25) is 0 Å². The molecule has 1 amide bonds. The molecule has 2 rings (SSSR count). The molecule has 1 aromatic carbocycles. The normalized spacial score (nSPS) is 10.3. The Morgan fingerprint density at radius 3 is 2.21 bits per heavy atom. The molecular weight excluding hydrogens is 400 g/mol. The van der Waals surface area contributed by atoms with Crippen LogP contribution in [-0.4, -0.2) is 36.0 Å². The molecule has 1 N–H and O–H groups in total. The molecule has 0 radical (unpaired) electrons. The molecule has 154 valence electrons. The second kappa shape index (κ2) is 9.78. The number of hydrogen-bond donors (Lipinski definition) is 1. The van der Waals surface area contributed by atoms with Gasteiger partial charge in [-0.05, 0) is 32.4 Å². The van der Waals surface area contributed by atoms with E-state index in [0.717, 1.165) is 17.0 Å². The maximum Gasteiger partial charge on any atom is 0.341 e. The van der Waals surface area contributed by atoms with E-state index in [9.17, 15) is 24.5 Å². The highest BCUT2D eigenvalue weighted by molar-refractivity contribution is 7.16. The maximum atomic E-state index is 12.7. The van der Waals surface area contributed by atoms with E-state index < -0.39 is 28.5 Å². The highest BCUT2D eigenvalue weighted by Gasteiger charge is 2.22. The molecule has 0 aliphatic heterocycles. The zero-order valence-corrected chi connectivity index (χ0v) is 17.0. The summed E-state index contributed by atoms with van der Waals surface area (Å²) in [6, 6.07) is 4.93. The molecule has 10 heteroatoms. The first kappa shape index (κ1) is 22.0. The lowest BCUT2D eigenvalue weighted by molar-refractivity contribution is -0.384. The molecule has 0 aliphatic rings. The number of rotatable bonds is 8. The third kappa shape index (κ3) is 5.38. The monoisotopic (exact) mass is 420 g/mol. The summed E-state index contributed by atoms with van der Waals surface area (Å²) in [7, 11) is 0. The molecule has 9 nitrogen and oxygen atoms in total. The molecule has 29 heavy (non-hydrogen) atoms. The average Bonchev–Trinajstić information content (AvgIpc) is 3.11. The fourth-order valence-electron chi connectivity index (χ4n) is 2.42. The van der Waals surface area contributed by atoms with Crippen LogP contribution in [0.1, 0.15) is 56.7 Å². The van der Waals surface area contributed by atoms with Gasteiger partial charge in [-0.2, -0.15) is 0 Å². The minimum absolute atomic E-state index is 0.0843. The Morgan fingerprint density at radius 1 is 1.00 bits per heavy atom. The number of nitro groups is 1. The summed E-state index contributed by atoms with van der Waals surface area (Å²) in [5, 5.41) is 14.0.